The van der Waals surface area contributed by atoms with Crippen LogP contribution in [0, 0.1) is 5.82 Å². The maximum Gasteiger partial charge on any atom is 0.416 e. The number of hydrogen-bond acceptors (Lipinski definition) is 3. The molecule has 0 spiro atoms. The summed E-state index contributed by atoms with van der Waals surface area (Å²) in [5.74, 6) is -1.60. The molecule has 1 fully saturated rings. The van der Waals surface area contributed by atoms with E-state index >= 15 is 0 Å². The Bertz CT molecular complexity index is 562. The van der Waals surface area contributed by atoms with Crippen molar-refractivity contribution in [3.8, 4) is 0 Å². The second kappa shape index (κ2) is 6.21. The minimum Gasteiger partial charge on any atom is -0.375 e. The highest BCUT2D eigenvalue weighted by molar-refractivity contribution is 5.80. The minimum absolute atomic E-state index is 0.0118. The summed E-state index contributed by atoms with van der Waals surface area (Å²) in [5.41, 5.74) is 4.39. The Hall–Kier alpha value is -1.67. The van der Waals surface area contributed by atoms with Gasteiger partial charge >= 0.3 is 6.18 Å². The Kier molecular flexibility index (Phi) is 4.72. The van der Waals surface area contributed by atoms with Crippen molar-refractivity contribution in [1.82, 2.24) is 4.90 Å². The van der Waals surface area contributed by atoms with Crippen LogP contribution in [0.4, 0.5) is 17.6 Å². The SMILES string of the molecule is C[C@H]1OCCN(Cc2cc(F)cc(C(F)(F)F)c2)[C@@H]1C(N)=O. The first kappa shape index (κ1) is 16.7. The van der Waals surface area contributed by atoms with Gasteiger partial charge in [-0.3, -0.25) is 9.69 Å². The zero-order chi connectivity index (χ0) is 16.5. The monoisotopic (exact) mass is 320 g/mol. The zero-order valence-electron chi connectivity index (χ0n) is 11.9. The van der Waals surface area contributed by atoms with Crippen LogP contribution in [0.1, 0.15) is 18.1 Å². The van der Waals surface area contributed by atoms with Gasteiger partial charge < -0.3 is 10.5 Å². The van der Waals surface area contributed by atoms with Crippen LogP contribution in [0.3, 0.4) is 0 Å². The molecular weight excluding hydrogens is 304 g/mol. The van der Waals surface area contributed by atoms with Crippen LogP contribution in [-0.4, -0.2) is 36.1 Å². The quantitative estimate of drug-likeness (QED) is 0.866. The fourth-order valence-corrected chi connectivity index (χ4v) is 2.61. The number of rotatable bonds is 3. The molecule has 1 aliphatic rings. The van der Waals surface area contributed by atoms with Crippen LogP contribution in [0.15, 0.2) is 18.2 Å². The number of halogens is 4. The van der Waals surface area contributed by atoms with Gasteiger partial charge in [0, 0.05) is 13.1 Å². The lowest BCUT2D eigenvalue weighted by atomic mass is 10.0. The maximum absolute atomic E-state index is 13.4. The van der Waals surface area contributed by atoms with E-state index in [1.807, 2.05) is 0 Å². The summed E-state index contributed by atoms with van der Waals surface area (Å²) in [6.07, 6.45) is -5.10. The summed E-state index contributed by atoms with van der Waals surface area (Å²) in [6.45, 7) is 2.30. The van der Waals surface area contributed by atoms with Crippen LogP contribution in [0.5, 0.6) is 0 Å². The number of alkyl halides is 3. The molecule has 0 aromatic heterocycles. The molecule has 4 nitrogen and oxygen atoms in total. The predicted molar refractivity (Wildman–Crippen MR) is 70.2 cm³/mol. The third-order valence-electron chi connectivity index (χ3n) is 3.56. The van der Waals surface area contributed by atoms with Gasteiger partial charge in [-0.1, -0.05) is 0 Å². The smallest absolute Gasteiger partial charge is 0.375 e. The van der Waals surface area contributed by atoms with E-state index in [2.05, 4.69) is 0 Å². The Balaban J connectivity index is 2.25. The lowest BCUT2D eigenvalue weighted by Crippen LogP contribution is -2.56. The number of ether oxygens (including phenoxy) is 1. The lowest BCUT2D eigenvalue weighted by Gasteiger charge is -2.37. The summed E-state index contributed by atoms with van der Waals surface area (Å²) in [5, 5.41) is 0. The molecule has 0 saturated carbocycles. The fourth-order valence-electron chi connectivity index (χ4n) is 2.61. The normalized spacial score (nSPS) is 23.5. The maximum atomic E-state index is 13.4. The Labute approximate surface area is 124 Å². The van der Waals surface area contributed by atoms with Crippen molar-refractivity contribution in [1.29, 1.82) is 0 Å². The molecule has 22 heavy (non-hydrogen) atoms. The van der Waals surface area contributed by atoms with Gasteiger partial charge in [-0.05, 0) is 30.7 Å². The molecule has 1 amide bonds. The second-order valence-corrected chi connectivity index (χ2v) is 5.24. The Morgan fingerprint density at radius 2 is 2.09 bits per heavy atom. The van der Waals surface area contributed by atoms with E-state index in [1.54, 1.807) is 11.8 Å². The molecule has 1 aromatic carbocycles. The number of morpholine rings is 1. The molecule has 0 aliphatic carbocycles. The number of carbonyl (C=O) groups excluding carboxylic acids is 1. The molecule has 122 valence electrons. The molecular formula is C14H16F4N2O2. The van der Waals surface area contributed by atoms with Crippen molar-refractivity contribution in [2.45, 2.75) is 31.8 Å². The average Bonchev–Trinajstić information content (AvgIpc) is 2.36. The summed E-state index contributed by atoms with van der Waals surface area (Å²) in [7, 11) is 0. The first-order valence-corrected chi connectivity index (χ1v) is 6.70. The van der Waals surface area contributed by atoms with E-state index in [1.165, 1.54) is 0 Å². The molecule has 0 radical (unpaired) electrons. The van der Waals surface area contributed by atoms with Crippen molar-refractivity contribution in [3.05, 3.63) is 35.1 Å². The van der Waals surface area contributed by atoms with Crippen molar-refractivity contribution in [2.24, 2.45) is 5.73 Å². The highest BCUT2D eigenvalue weighted by atomic mass is 19.4. The lowest BCUT2D eigenvalue weighted by molar-refractivity contribution is -0.139. The third kappa shape index (κ3) is 3.75. The van der Waals surface area contributed by atoms with Crippen LogP contribution in [0.25, 0.3) is 0 Å². The first-order chi connectivity index (χ1) is 10.2. The van der Waals surface area contributed by atoms with Gasteiger partial charge in [0.15, 0.2) is 0 Å². The van der Waals surface area contributed by atoms with Gasteiger partial charge in [0.2, 0.25) is 5.91 Å². The number of nitrogens with zero attached hydrogens (tertiary/aromatic N) is 1. The van der Waals surface area contributed by atoms with Gasteiger partial charge in [-0.25, -0.2) is 4.39 Å². The summed E-state index contributed by atoms with van der Waals surface area (Å²) >= 11 is 0. The van der Waals surface area contributed by atoms with Crippen molar-refractivity contribution < 1.29 is 27.1 Å². The molecule has 0 unspecified atom stereocenters. The summed E-state index contributed by atoms with van der Waals surface area (Å²) in [4.78, 5) is 13.1. The first-order valence-electron chi connectivity index (χ1n) is 6.70. The highest BCUT2D eigenvalue weighted by Crippen LogP contribution is 2.31. The molecule has 2 N–H and O–H groups in total. The molecule has 1 saturated heterocycles. The molecule has 1 heterocycles. The predicted octanol–water partition coefficient (Wildman–Crippen LogP) is 1.92. The topological polar surface area (TPSA) is 55.6 Å². The van der Waals surface area contributed by atoms with Crippen molar-refractivity contribution in [2.75, 3.05) is 13.2 Å². The summed E-state index contributed by atoms with van der Waals surface area (Å²) < 4.78 is 56.9. The van der Waals surface area contributed by atoms with Gasteiger partial charge in [0.05, 0.1) is 18.3 Å². The van der Waals surface area contributed by atoms with Crippen molar-refractivity contribution >= 4 is 5.91 Å². The molecule has 1 aromatic rings. The van der Waals surface area contributed by atoms with Crippen LogP contribution >= 0.6 is 0 Å². The van der Waals surface area contributed by atoms with Gasteiger partial charge in [0.1, 0.15) is 11.9 Å². The van der Waals surface area contributed by atoms with Crippen LogP contribution in [0.2, 0.25) is 0 Å². The summed E-state index contributed by atoms with van der Waals surface area (Å²) in [6, 6.07) is 1.58. The third-order valence-corrected chi connectivity index (χ3v) is 3.56. The zero-order valence-corrected chi connectivity index (χ0v) is 11.9. The van der Waals surface area contributed by atoms with E-state index in [0.29, 0.717) is 19.2 Å². The number of nitrogens with two attached hydrogens (primary N) is 1. The second-order valence-electron chi connectivity index (χ2n) is 5.24. The number of amides is 1. The van der Waals surface area contributed by atoms with Crippen molar-refractivity contribution in [3.63, 3.8) is 0 Å². The van der Waals surface area contributed by atoms with E-state index in [0.717, 1.165) is 12.1 Å². The van der Waals surface area contributed by atoms with E-state index in [-0.39, 0.29) is 12.1 Å². The number of carbonyl (C=O) groups is 1. The van der Waals surface area contributed by atoms with Crippen LogP contribution in [-0.2, 0) is 22.3 Å². The van der Waals surface area contributed by atoms with E-state index in [4.69, 9.17) is 10.5 Å². The standard InChI is InChI=1S/C14H16F4N2O2/c1-8-12(13(19)21)20(2-3-22-8)7-9-4-10(14(16,17)18)6-11(15)5-9/h4-6,8,12H,2-3,7H2,1H3,(H2,19,21)/t8-,12+/m1/s1. The van der Waals surface area contributed by atoms with E-state index in [9.17, 15) is 22.4 Å². The number of hydrogen-bond donors (Lipinski definition) is 1. The highest BCUT2D eigenvalue weighted by Gasteiger charge is 2.35. The molecule has 1 aliphatic heterocycles. The molecule has 0 bridgehead atoms. The van der Waals surface area contributed by atoms with Gasteiger partial charge in [-0.2, -0.15) is 13.2 Å². The largest absolute Gasteiger partial charge is 0.416 e. The Morgan fingerprint density at radius 1 is 1.41 bits per heavy atom. The molecule has 2 rings (SSSR count). The minimum atomic E-state index is -4.63. The van der Waals surface area contributed by atoms with Gasteiger partial charge in [0.25, 0.3) is 0 Å². The number of primary amides is 1. The van der Waals surface area contributed by atoms with Gasteiger partial charge in [-0.15, -0.1) is 0 Å². The molecule has 2 atom stereocenters. The van der Waals surface area contributed by atoms with E-state index < -0.39 is 35.6 Å². The van der Waals surface area contributed by atoms with Crippen LogP contribution < -0.4 is 5.73 Å². The molecule has 8 heteroatoms. The number of benzene rings is 1. The fraction of sp³-hybridized carbons (Fsp3) is 0.500. The average molecular weight is 320 g/mol. The Morgan fingerprint density at radius 3 is 2.68 bits per heavy atom.